The van der Waals surface area contributed by atoms with Gasteiger partial charge in [0.25, 0.3) is 0 Å². The Kier molecular flexibility index (Phi) is 4.16. The summed E-state index contributed by atoms with van der Waals surface area (Å²) in [5.74, 6) is -1.92. The van der Waals surface area contributed by atoms with Crippen LogP contribution >= 0.6 is 0 Å². The van der Waals surface area contributed by atoms with Gasteiger partial charge in [-0.05, 0) is 31.7 Å². The van der Waals surface area contributed by atoms with Gasteiger partial charge in [-0.2, -0.15) is 0 Å². The second-order valence-electron chi connectivity index (χ2n) is 6.25. The van der Waals surface area contributed by atoms with Crippen LogP contribution in [0.4, 0.5) is 0 Å². The first-order valence-corrected chi connectivity index (χ1v) is 7.77. The molecule has 2 N–H and O–H groups in total. The fourth-order valence-electron chi connectivity index (χ4n) is 3.06. The minimum Gasteiger partial charge on any atom is -0.481 e. The van der Waals surface area contributed by atoms with E-state index in [1.54, 1.807) is 0 Å². The van der Waals surface area contributed by atoms with E-state index in [0.717, 1.165) is 18.4 Å². The van der Waals surface area contributed by atoms with E-state index in [1.165, 1.54) is 5.56 Å². The van der Waals surface area contributed by atoms with Crippen LogP contribution in [0.5, 0.6) is 0 Å². The molecule has 1 amide bonds. The monoisotopic (exact) mass is 303 g/mol. The maximum absolute atomic E-state index is 12.2. The van der Waals surface area contributed by atoms with Crippen molar-refractivity contribution in [3.05, 3.63) is 35.4 Å². The summed E-state index contributed by atoms with van der Waals surface area (Å²) in [7, 11) is 0. The van der Waals surface area contributed by atoms with Gasteiger partial charge in [0.05, 0.1) is 17.9 Å². The van der Waals surface area contributed by atoms with Gasteiger partial charge in [-0.1, -0.05) is 29.8 Å². The molecule has 0 radical (unpaired) electrons. The number of ether oxygens (including phenoxy) is 1. The van der Waals surface area contributed by atoms with Gasteiger partial charge in [-0.25, -0.2) is 0 Å². The highest BCUT2D eigenvalue weighted by Gasteiger charge is 2.49. The van der Waals surface area contributed by atoms with Crippen LogP contribution in [0.3, 0.4) is 0 Å². The van der Waals surface area contributed by atoms with Crippen molar-refractivity contribution in [3.63, 3.8) is 0 Å². The van der Waals surface area contributed by atoms with Crippen molar-refractivity contribution in [2.24, 2.45) is 11.8 Å². The van der Waals surface area contributed by atoms with Crippen molar-refractivity contribution in [1.29, 1.82) is 0 Å². The summed E-state index contributed by atoms with van der Waals surface area (Å²) in [4.78, 5) is 23.1. The Morgan fingerprint density at radius 2 is 1.95 bits per heavy atom. The number of hydrogen-bond acceptors (Lipinski definition) is 3. The number of hydrogen-bond donors (Lipinski definition) is 2. The highest BCUT2D eigenvalue weighted by atomic mass is 16.5. The topological polar surface area (TPSA) is 75.6 Å². The minimum absolute atomic E-state index is 0.0843. The smallest absolute Gasteiger partial charge is 0.307 e. The van der Waals surface area contributed by atoms with Gasteiger partial charge in [0.1, 0.15) is 6.10 Å². The van der Waals surface area contributed by atoms with Crippen molar-refractivity contribution in [2.45, 2.75) is 38.3 Å². The van der Waals surface area contributed by atoms with Gasteiger partial charge in [0, 0.05) is 6.61 Å². The number of carboxylic acid groups (broad SMARTS) is 1. The Morgan fingerprint density at radius 1 is 1.23 bits per heavy atom. The molecule has 1 aromatic rings. The molecule has 3 rings (SSSR count). The van der Waals surface area contributed by atoms with Crippen LogP contribution in [-0.4, -0.2) is 29.6 Å². The van der Waals surface area contributed by atoms with Crippen LogP contribution in [0.25, 0.3) is 0 Å². The van der Waals surface area contributed by atoms with Crippen LogP contribution in [0.2, 0.25) is 0 Å². The molecule has 5 nitrogen and oxygen atoms in total. The molecule has 2 fully saturated rings. The second-order valence-corrected chi connectivity index (χ2v) is 6.25. The molecule has 1 saturated carbocycles. The summed E-state index contributed by atoms with van der Waals surface area (Å²) >= 11 is 0. The third-order valence-electron chi connectivity index (χ3n) is 4.50. The van der Waals surface area contributed by atoms with Gasteiger partial charge in [-0.3, -0.25) is 9.59 Å². The Balaban J connectivity index is 1.67. The number of nitrogens with one attached hydrogen (secondary N) is 1. The number of carboxylic acids is 1. The van der Waals surface area contributed by atoms with Crippen LogP contribution in [0.15, 0.2) is 24.3 Å². The standard InChI is InChI=1S/C17H21NO4/c1-10-4-6-11(7-5-10)15-14(3-2-8-22-15)18-16(19)12-9-13(12)17(20)21/h4-7,12-15H,2-3,8-9H2,1H3,(H,18,19)(H,20,21)/t12-,13-,14+,15+/m1/s1. The molecular formula is C17H21NO4. The van der Waals surface area contributed by atoms with Gasteiger partial charge < -0.3 is 15.2 Å². The Labute approximate surface area is 129 Å². The van der Waals surface area contributed by atoms with Gasteiger partial charge in [0.15, 0.2) is 0 Å². The van der Waals surface area contributed by atoms with E-state index >= 15 is 0 Å². The zero-order valence-electron chi connectivity index (χ0n) is 12.6. The first-order valence-electron chi connectivity index (χ1n) is 7.77. The number of carbonyl (C=O) groups excluding carboxylic acids is 1. The van der Waals surface area contributed by atoms with Crippen molar-refractivity contribution in [2.75, 3.05) is 6.61 Å². The Bertz CT molecular complexity index is 569. The van der Waals surface area contributed by atoms with E-state index in [-0.39, 0.29) is 24.0 Å². The molecule has 5 heteroatoms. The zero-order chi connectivity index (χ0) is 15.7. The fourth-order valence-corrected chi connectivity index (χ4v) is 3.06. The largest absolute Gasteiger partial charge is 0.481 e. The summed E-state index contributed by atoms with van der Waals surface area (Å²) in [6.07, 6.45) is 2.05. The predicted molar refractivity (Wildman–Crippen MR) is 80.3 cm³/mol. The molecule has 22 heavy (non-hydrogen) atoms. The van der Waals surface area contributed by atoms with Crippen molar-refractivity contribution >= 4 is 11.9 Å². The average molecular weight is 303 g/mol. The number of rotatable bonds is 4. The summed E-state index contributed by atoms with van der Waals surface area (Å²) < 4.78 is 5.86. The second kappa shape index (κ2) is 6.08. The molecule has 0 unspecified atom stereocenters. The SMILES string of the molecule is Cc1ccc([C@@H]2OCCC[C@@H]2NC(=O)[C@@H]2C[C@H]2C(=O)O)cc1. The number of aliphatic carboxylic acids is 1. The molecule has 0 aromatic heterocycles. The van der Waals surface area contributed by atoms with Crippen LogP contribution in [-0.2, 0) is 14.3 Å². The first-order chi connectivity index (χ1) is 10.6. The number of aryl methyl sites for hydroxylation is 1. The molecule has 0 spiro atoms. The summed E-state index contributed by atoms with van der Waals surface area (Å²) in [5.41, 5.74) is 2.24. The van der Waals surface area contributed by atoms with Crippen LogP contribution in [0.1, 0.15) is 36.5 Å². The maximum atomic E-state index is 12.2. The summed E-state index contributed by atoms with van der Waals surface area (Å²) in [6.45, 7) is 2.72. The predicted octanol–water partition coefficient (Wildman–Crippen LogP) is 2.05. The average Bonchev–Trinajstić information content (AvgIpc) is 3.29. The molecule has 0 bridgehead atoms. The molecule has 1 saturated heterocycles. The van der Waals surface area contributed by atoms with Crippen LogP contribution in [0, 0.1) is 18.8 Å². The van der Waals surface area contributed by atoms with Gasteiger partial charge in [0.2, 0.25) is 5.91 Å². The lowest BCUT2D eigenvalue weighted by molar-refractivity contribution is -0.140. The summed E-state index contributed by atoms with van der Waals surface area (Å²) in [6, 6.07) is 8.05. The van der Waals surface area contributed by atoms with Crippen LogP contribution < -0.4 is 5.32 Å². The molecule has 1 aromatic carbocycles. The molecule has 1 heterocycles. The van der Waals surface area contributed by atoms with E-state index in [4.69, 9.17) is 9.84 Å². The number of benzene rings is 1. The highest BCUT2D eigenvalue weighted by molar-refractivity contribution is 5.89. The number of carbonyl (C=O) groups is 2. The van der Waals surface area contributed by atoms with Gasteiger partial charge >= 0.3 is 5.97 Å². The fraction of sp³-hybridized carbons (Fsp3) is 0.529. The number of amides is 1. The molecule has 1 aliphatic heterocycles. The molecule has 118 valence electrons. The lowest BCUT2D eigenvalue weighted by Gasteiger charge is -2.32. The van der Waals surface area contributed by atoms with E-state index < -0.39 is 11.9 Å². The first kappa shape index (κ1) is 15.0. The van der Waals surface area contributed by atoms with E-state index in [9.17, 15) is 9.59 Å². The molecular weight excluding hydrogens is 282 g/mol. The molecule has 1 aliphatic carbocycles. The lowest BCUT2D eigenvalue weighted by Crippen LogP contribution is -2.43. The van der Waals surface area contributed by atoms with Crippen molar-refractivity contribution < 1.29 is 19.4 Å². The minimum atomic E-state index is -0.880. The Morgan fingerprint density at radius 3 is 2.59 bits per heavy atom. The van der Waals surface area contributed by atoms with E-state index in [0.29, 0.717) is 13.0 Å². The third-order valence-corrected chi connectivity index (χ3v) is 4.50. The van der Waals surface area contributed by atoms with Gasteiger partial charge in [-0.15, -0.1) is 0 Å². The van der Waals surface area contributed by atoms with E-state index in [1.807, 2.05) is 31.2 Å². The summed E-state index contributed by atoms with van der Waals surface area (Å²) in [5, 5.41) is 11.9. The normalized spacial score (nSPS) is 30.6. The third kappa shape index (κ3) is 3.14. The quantitative estimate of drug-likeness (QED) is 0.892. The van der Waals surface area contributed by atoms with Crippen molar-refractivity contribution in [3.8, 4) is 0 Å². The van der Waals surface area contributed by atoms with Crippen molar-refractivity contribution in [1.82, 2.24) is 5.32 Å². The highest BCUT2D eigenvalue weighted by Crippen LogP contribution is 2.39. The van der Waals surface area contributed by atoms with E-state index in [2.05, 4.69) is 5.32 Å². The lowest BCUT2D eigenvalue weighted by atomic mass is 9.95. The Hall–Kier alpha value is -1.88. The molecule has 2 aliphatic rings. The maximum Gasteiger partial charge on any atom is 0.307 e. The molecule has 4 atom stereocenters. The zero-order valence-corrected chi connectivity index (χ0v) is 12.6.